The van der Waals surface area contributed by atoms with Gasteiger partial charge in [0.1, 0.15) is 12.2 Å². The van der Waals surface area contributed by atoms with Crippen LogP contribution in [0.4, 0.5) is 0 Å². The summed E-state index contributed by atoms with van der Waals surface area (Å²) < 4.78 is 6.21. The van der Waals surface area contributed by atoms with Crippen molar-refractivity contribution in [3.63, 3.8) is 0 Å². The maximum atomic E-state index is 10.5. The van der Waals surface area contributed by atoms with Crippen LogP contribution in [0.5, 0.6) is 0 Å². The highest BCUT2D eigenvalue weighted by Gasteiger charge is 2.66. The van der Waals surface area contributed by atoms with Crippen LogP contribution in [0.1, 0.15) is 12.8 Å². The number of hydrogen-bond acceptors (Lipinski definition) is 4. The number of aliphatic hydroxyl groups is 2. The molecular weight excluding hydrogens is 266 g/mol. The zero-order chi connectivity index (χ0) is 14.4. The Hall–Kier alpha value is -0.940. The lowest BCUT2D eigenvalue weighted by Crippen LogP contribution is -2.61. The zero-order valence-electron chi connectivity index (χ0n) is 12.1. The second kappa shape index (κ2) is 3.87. The first-order chi connectivity index (χ1) is 10.1. The van der Waals surface area contributed by atoms with E-state index < -0.39 is 12.2 Å². The largest absolute Gasteiger partial charge is 0.386 e. The topological polar surface area (TPSA) is 52.9 Å². The van der Waals surface area contributed by atoms with Crippen LogP contribution in [-0.4, -0.2) is 59.2 Å². The number of allylic oxidation sites excluding steroid dienone is 1. The molecule has 2 saturated heterocycles. The molecule has 0 amide bonds. The van der Waals surface area contributed by atoms with Crippen LogP contribution in [0.25, 0.3) is 0 Å². The summed E-state index contributed by atoms with van der Waals surface area (Å²) in [6.07, 6.45) is 8.50. The van der Waals surface area contributed by atoms with Gasteiger partial charge in [-0.2, -0.15) is 0 Å². The van der Waals surface area contributed by atoms with E-state index in [9.17, 15) is 10.2 Å². The smallest absolute Gasteiger partial charge is 0.110 e. The number of aliphatic hydroxyl groups excluding tert-OH is 2. The Labute approximate surface area is 124 Å². The van der Waals surface area contributed by atoms with Gasteiger partial charge in [-0.05, 0) is 37.6 Å². The molecule has 0 radical (unpaired) electrons. The first-order valence-electron chi connectivity index (χ1n) is 7.95. The number of nitrogens with zero attached hydrogens (tertiary/aromatic N) is 1. The maximum absolute atomic E-state index is 10.5. The molecule has 0 saturated carbocycles. The van der Waals surface area contributed by atoms with Gasteiger partial charge in [0.25, 0.3) is 0 Å². The van der Waals surface area contributed by atoms with E-state index in [1.165, 1.54) is 11.1 Å². The van der Waals surface area contributed by atoms with Gasteiger partial charge in [0.05, 0.1) is 12.2 Å². The standard InChI is InChI=1S/C17H21NO3/c1-18-7-6-17-10-3-5-13(20)16(17)21-15-12(19)4-2-9(14(15)17)8-11(10)18/h2-5,10-13,15-16,19-20H,6-8H2,1H3/t10?,11?,12-,13?,15?,16?,17-/m0/s1. The van der Waals surface area contributed by atoms with Crippen LogP contribution in [0.2, 0.25) is 0 Å². The third kappa shape index (κ3) is 1.31. The van der Waals surface area contributed by atoms with Crippen molar-refractivity contribution in [1.82, 2.24) is 4.90 Å². The van der Waals surface area contributed by atoms with Gasteiger partial charge in [-0.25, -0.2) is 0 Å². The Morgan fingerprint density at radius 2 is 2.10 bits per heavy atom. The van der Waals surface area contributed by atoms with E-state index >= 15 is 0 Å². The fraction of sp³-hybridized carbons (Fsp3) is 0.647. The van der Waals surface area contributed by atoms with E-state index in [2.05, 4.69) is 24.1 Å². The van der Waals surface area contributed by atoms with Gasteiger partial charge in [0, 0.05) is 17.4 Å². The molecule has 7 atom stereocenters. The van der Waals surface area contributed by atoms with Crippen LogP contribution in [0.3, 0.4) is 0 Å². The minimum absolute atomic E-state index is 0.102. The normalized spacial score (nSPS) is 54.0. The van der Waals surface area contributed by atoms with Crippen molar-refractivity contribution in [2.75, 3.05) is 13.6 Å². The summed E-state index contributed by atoms with van der Waals surface area (Å²) in [6, 6.07) is 0.478. The lowest BCUT2D eigenvalue weighted by molar-refractivity contribution is -0.107. The quantitative estimate of drug-likeness (QED) is 0.642. The van der Waals surface area contributed by atoms with E-state index in [0.717, 1.165) is 19.4 Å². The van der Waals surface area contributed by atoms with E-state index in [1.54, 1.807) is 0 Å². The molecule has 0 aromatic heterocycles. The molecule has 0 aromatic carbocycles. The Bertz CT molecular complexity index is 595. The van der Waals surface area contributed by atoms with E-state index in [0.29, 0.717) is 12.0 Å². The lowest BCUT2D eigenvalue weighted by Gasteiger charge is -2.57. The zero-order valence-corrected chi connectivity index (χ0v) is 12.1. The van der Waals surface area contributed by atoms with E-state index in [-0.39, 0.29) is 17.6 Å². The lowest BCUT2D eigenvalue weighted by atomic mass is 9.52. The van der Waals surface area contributed by atoms with Crippen molar-refractivity contribution < 1.29 is 14.9 Å². The molecule has 0 aromatic rings. The highest BCUT2D eigenvalue weighted by atomic mass is 16.5. The van der Waals surface area contributed by atoms with Gasteiger partial charge in [-0.1, -0.05) is 24.3 Å². The van der Waals surface area contributed by atoms with Crippen LogP contribution in [0, 0.1) is 11.3 Å². The second-order valence-electron chi connectivity index (χ2n) is 7.21. The van der Waals surface area contributed by atoms with Crippen molar-refractivity contribution in [2.24, 2.45) is 11.3 Å². The van der Waals surface area contributed by atoms with Crippen molar-refractivity contribution in [3.8, 4) is 0 Å². The highest BCUT2D eigenvalue weighted by Crippen LogP contribution is 2.63. The van der Waals surface area contributed by atoms with Gasteiger partial charge in [-0.3, -0.25) is 0 Å². The average Bonchev–Trinajstić information content (AvgIpc) is 2.83. The summed E-state index contributed by atoms with van der Waals surface area (Å²) in [5.74, 6) is 0.395. The first kappa shape index (κ1) is 12.6. The Morgan fingerprint density at radius 1 is 1.24 bits per heavy atom. The predicted molar refractivity (Wildman–Crippen MR) is 77.6 cm³/mol. The van der Waals surface area contributed by atoms with Gasteiger partial charge in [-0.15, -0.1) is 0 Å². The first-order valence-corrected chi connectivity index (χ1v) is 7.95. The third-order valence-electron chi connectivity index (χ3n) is 6.45. The molecule has 2 fully saturated rings. The van der Waals surface area contributed by atoms with Gasteiger partial charge in [0.15, 0.2) is 0 Å². The predicted octanol–water partition coefficient (Wildman–Crippen LogP) is 0.622. The second-order valence-corrected chi connectivity index (χ2v) is 7.21. The summed E-state index contributed by atoms with van der Waals surface area (Å²) in [4.78, 5) is 2.45. The number of rotatable bonds is 0. The fourth-order valence-corrected chi connectivity index (χ4v) is 5.57. The molecule has 5 aliphatic rings. The molecule has 4 heteroatoms. The van der Waals surface area contributed by atoms with Crippen molar-refractivity contribution in [3.05, 3.63) is 35.5 Å². The van der Waals surface area contributed by atoms with E-state index in [1.807, 2.05) is 12.2 Å². The molecular formula is C17H21NO3. The number of hydrogen-bond donors (Lipinski definition) is 2. The minimum atomic E-state index is -0.576. The van der Waals surface area contributed by atoms with Crippen LogP contribution in [-0.2, 0) is 4.74 Å². The van der Waals surface area contributed by atoms with Crippen molar-refractivity contribution in [1.29, 1.82) is 0 Å². The number of likely N-dealkylation sites (tertiary alicyclic amines) is 1. The average molecular weight is 287 g/mol. The Kier molecular flexibility index (Phi) is 2.32. The third-order valence-corrected chi connectivity index (χ3v) is 6.45. The summed E-state index contributed by atoms with van der Waals surface area (Å²) in [5, 5.41) is 20.8. The molecule has 4 nitrogen and oxygen atoms in total. The fourth-order valence-electron chi connectivity index (χ4n) is 5.57. The molecule has 2 heterocycles. The summed E-state index contributed by atoms with van der Waals surface area (Å²) in [6.45, 7) is 1.03. The molecule has 2 bridgehead atoms. The van der Waals surface area contributed by atoms with Crippen LogP contribution in [0.15, 0.2) is 35.5 Å². The van der Waals surface area contributed by atoms with Gasteiger partial charge in [0.2, 0.25) is 0 Å². The molecule has 5 rings (SSSR count). The Balaban J connectivity index is 1.77. The summed E-state index contributed by atoms with van der Waals surface area (Å²) in [5.41, 5.74) is 2.53. The molecule has 21 heavy (non-hydrogen) atoms. The highest BCUT2D eigenvalue weighted by molar-refractivity contribution is 5.49. The Morgan fingerprint density at radius 3 is 2.95 bits per heavy atom. The molecule has 112 valence electrons. The van der Waals surface area contributed by atoms with E-state index in [4.69, 9.17) is 4.74 Å². The monoisotopic (exact) mass is 287 g/mol. The molecule has 3 aliphatic carbocycles. The molecule has 1 spiro atoms. The van der Waals surface area contributed by atoms with Gasteiger partial charge >= 0.3 is 0 Å². The number of ether oxygens (including phenoxy) is 1. The molecule has 5 unspecified atom stereocenters. The SMILES string of the molecule is CN1CC[C@]23C4=C5C=C[C@H](O)C4OC2C(O)C=CC3C1C5. The van der Waals surface area contributed by atoms with Gasteiger partial charge < -0.3 is 19.8 Å². The molecule has 2 aliphatic heterocycles. The van der Waals surface area contributed by atoms with Crippen LogP contribution >= 0.6 is 0 Å². The minimum Gasteiger partial charge on any atom is -0.386 e. The maximum Gasteiger partial charge on any atom is 0.110 e. The summed E-state index contributed by atoms with van der Waals surface area (Å²) >= 11 is 0. The van der Waals surface area contributed by atoms with Crippen LogP contribution < -0.4 is 0 Å². The number of piperidine rings is 1. The van der Waals surface area contributed by atoms with Crippen molar-refractivity contribution >= 4 is 0 Å². The molecule has 2 N–H and O–H groups in total. The van der Waals surface area contributed by atoms with Crippen molar-refractivity contribution in [2.45, 2.75) is 43.3 Å². The summed E-state index contributed by atoms with van der Waals surface area (Å²) in [7, 11) is 2.20.